The fourth-order valence-corrected chi connectivity index (χ4v) is 12.1. The highest BCUT2D eigenvalue weighted by Gasteiger charge is 2.70. The molecule has 0 radical (unpaired) electrons. The lowest BCUT2D eigenvalue weighted by Crippen LogP contribution is -2.43. The molecule has 2 aromatic heterocycles. The van der Waals surface area contributed by atoms with E-state index >= 15 is 0 Å². The molecule has 2 aromatic carbocycles. The van der Waals surface area contributed by atoms with Crippen LogP contribution in [-0.4, -0.2) is 34.6 Å². The number of ether oxygens (including phenoxy) is 1. The molecule has 44 heavy (non-hydrogen) atoms. The highest BCUT2D eigenvalue weighted by atomic mass is 32.2. The van der Waals surface area contributed by atoms with E-state index in [1.807, 2.05) is 42.6 Å². The monoisotopic (exact) mass is 643 g/mol. The zero-order valence-electron chi connectivity index (χ0n) is 24.0. The molecule has 2 bridgehead atoms. The molecule has 1 N–H and O–H groups in total. The molecule has 0 spiro atoms. The van der Waals surface area contributed by atoms with E-state index in [0.29, 0.717) is 17.1 Å². The lowest BCUT2D eigenvalue weighted by molar-refractivity contribution is -0.123. The molecule has 4 heterocycles. The van der Waals surface area contributed by atoms with Crippen LogP contribution in [0.1, 0.15) is 27.7 Å². The smallest absolute Gasteiger partial charge is 0.308 e. The first-order valence-corrected chi connectivity index (χ1v) is 17.2. The van der Waals surface area contributed by atoms with Gasteiger partial charge in [-0.05, 0) is 78.9 Å². The second-order valence-corrected chi connectivity index (χ2v) is 15.2. The fraction of sp³-hybridized carbons (Fsp3) is 0.333. The van der Waals surface area contributed by atoms with Crippen LogP contribution in [0.3, 0.4) is 0 Å². The Balaban J connectivity index is 1.14. The van der Waals surface area contributed by atoms with Crippen LogP contribution in [0.2, 0.25) is 0 Å². The van der Waals surface area contributed by atoms with Gasteiger partial charge in [0, 0.05) is 26.6 Å². The van der Waals surface area contributed by atoms with Gasteiger partial charge >= 0.3 is 4.87 Å². The number of carbonyl (C=O) groups is 3. The minimum atomic E-state index is -0.356. The normalized spacial score (nSPS) is 28.1. The summed E-state index contributed by atoms with van der Waals surface area (Å²) in [5.41, 5.74) is 2.34. The van der Waals surface area contributed by atoms with E-state index in [-0.39, 0.29) is 69.9 Å². The predicted octanol–water partition coefficient (Wildman–Crippen LogP) is 5.60. The van der Waals surface area contributed by atoms with Gasteiger partial charge < -0.3 is 10.1 Å². The lowest BCUT2D eigenvalue weighted by Gasteiger charge is -2.42. The van der Waals surface area contributed by atoms with Gasteiger partial charge in [-0.1, -0.05) is 35.1 Å². The Morgan fingerprint density at radius 3 is 2.39 bits per heavy atom. The van der Waals surface area contributed by atoms with Gasteiger partial charge in [-0.3, -0.25) is 28.6 Å². The number of fused-ring (bicyclic) bond motifs is 9. The lowest BCUT2D eigenvalue weighted by atomic mass is 9.69. The standard InChI is InChI=1S/C33H29N3O5S3/c1-16-5-9-18(10-6-16)36-30(38)25-20-14-21(26(25)31(36)39)28-24(20)27(22-4-3-13-42-22)29-32(43-28)35(33(40)44-29)15-23(37)34-17-7-11-19(41-2)12-8-17/h3-13,20-21,24-28H,14-15H2,1-2H3,(H,34,37). The molecule has 2 aliphatic carbocycles. The number of anilines is 2. The number of rotatable bonds is 6. The number of aryl methyl sites for hydroxylation is 1. The van der Waals surface area contributed by atoms with Crippen molar-refractivity contribution in [1.82, 2.24) is 4.57 Å². The molecule has 1 saturated heterocycles. The van der Waals surface area contributed by atoms with Crippen molar-refractivity contribution >= 4 is 63.5 Å². The Labute approximate surface area is 266 Å². The number of imide groups is 1. The van der Waals surface area contributed by atoms with Gasteiger partial charge in [0.05, 0.1) is 29.7 Å². The zero-order valence-corrected chi connectivity index (χ0v) is 26.4. The average molecular weight is 644 g/mol. The first-order valence-electron chi connectivity index (χ1n) is 14.7. The molecule has 11 heteroatoms. The van der Waals surface area contributed by atoms with E-state index in [2.05, 4.69) is 11.4 Å². The number of carbonyl (C=O) groups excluding carboxylic acids is 3. The maximum atomic E-state index is 13.9. The van der Waals surface area contributed by atoms with Crippen molar-refractivity contribution in [3.05, 3.63) is 91.0 Å². The summed E-state index contributed by atoms with van der Waals surface area (Å²) in [6.45, 7) is 1.89. The number of methoxy groups -OCH3 is 1. The number of thiazole rings is 1. The number of thiophene rings is 1. The maximum Gasteiger partial charge on any atom is 0.308 e. The van der Waals surface area contributed by atoms with Crippen LogP contribution in [0.5, 0.6) is 5.75 Å². The maximum absolute atomic E-state index is 13.9. The minimum Gasteiger partial charge on any atom is -0.497 e. The van der Waals surface area contributed by atoms with Gasteiger partial charge in [-0.25, -0.2) is 0 Å². The number of aromatic nitrogens is 1. The Bertz CT molecular complexity index is 1850. The summed E-state index contributed by atoms with van der Waals surface area (Å²) in [5.74, 6) is -0.316. The van der Waals surface area contributed by atoms with Gasteiger partial charge in [0.1, 0.15) is 12.3 Å². The zero-order chi connectivity index (χ0) is 30.3. The molecule has 2 saturated carbocycles. The molecule has 7 atom stereocenters. The average Bonchev–Trinajstić information content (AvgIpc) is 3.84. The van der Waals surface area contributed by atoms with Crippen molar-refractivity contribution in [2.75, 3.05) is 17.3 Å². The molecule has 224 valence electrons. The topological polar surface area (TPSA) is 97.7 Å². The van der Waals surface area contributed by atoms with Crippen molar-refractivity contribution in [1.29, 1.82) is 0 Å². The Morgan fingerprint density at radius 1 is 0.977 bits per heavy atom. The number of hydrogen-bond acceptors (Lipinski definition) is 8. The number of amides is 3. The SMILES string of the molecule is COc1ccc(NC(=O)Cn2c3c(sc2=O)C(c2cccs2)C2C4CC(C2S3)C2C(=O)N(c3ccc(C)cc3)C(=O)C42)cc1. The molecule has 8 nitrogen and oxygen atoms in total. The fourth-order valence-electron chi connectivity index (χ4n) is 8.01. The quantitative estimate of drug-likeness (QED) is 0.275. The largest absolute Gasteiger partial charge is 0.497 e. The Morgan fingerprint density at radius 2 is 1.70 bits per heavy atom. The van der Waals surface area contributed by atoms with Gasteiger partial charge in [0.25, 0.3) is 0 Å². The van der Waals surface area contributed by atoms with Crippen molar-refractivity contribution < 1.29 is 19.1 Å². The van der Waals surface area contributed by atoms with Gasteiger partial charge in [-0.2, -0.15) is 0 Å². The molecule has 7 unspecified atom stereocenters. The highest BCUT2D eigenvalue weighted by molar-refractivity contribution is 8.00. The third kappa shape index (κ3) is 4.16. The molecule has 2 aliphatic heterocycles. The highest BCUT2D eigenvalue weighted by Crippen LogP contribution is 2.69. The predicted molar refractivity (Wildman–Crippen MR) is 172 cm³/mol. The van der Waals surface area contributed by atoms with Crippen molar-refractivity contribution in [3.63, 3.8) is 0 Å². The van der Waals surface area contributed by atoms with Crippen molar-refractivity contribution in [2.24, 2.45) is 29.6 Å². The van der Waals surface area contributed by atoms with Crippen LogP contribution < -0.4 is 19.8 Å². The van der Waals surface area contributed by atoms with Crippen molar-refractivity contribution in [3.8, 4) is 5.75 Å². The number of thioether (sulfide) groups is 1. The Hall–Kier alpha value is -3.67. The number of nitrogens with zero attached hydrogens (tertiary/aromatic N) is 2. The molecule has 3 amide bonds. The molecular weight excluding hydrogens is 615 g/mol. The van der Waals surface area contributed by atoms with Crippen LogP contribution >= 0.6 is 34.4 Å². The molecule has 4 aliphatic rings. The third-order valence-corrected chi connectivity index (χ3v) is 13.5. The summed E-state index contributed by atoms with van der Waals surface area (Å²) in [4.78, 5) is 57.9. The summed E-state index contributed by atoms with van der Waals surface area (Å²) in [6.07, 6.45) is 0.829. The number of hydrogen-bond donors (Lipinski definition) is 1. The minimum absolute atomic E-state index is 0.0269. The van der Waals surface area contributed by atoms with E-state index in [0.717, 1.165) is 26.8 Å². The van der Waals surface area contributed by atoms with Crippen LogP contribution in [0, 0.1) is 36.5 Å². The van der Waals surface area contributed by atoms with Crippen LogP contribution in [0.4, 0.5) is 11.4 Å². The number of nitrogens with one attached hydrogen (secondary N) is 1. The summed E-state index contributed by atoms with van der Waals surface area (Å²) in [6, 6.07) is 18.8. The van der Waals surface area contributed by atoms with Crippen molar-refractivity contribution in [2.45, 2.75) is 36.1 Å². The Kier molecular flexibility index (Phi) is 6.62. The van der Waals surface area contributed by atoms with Gasteiger partial charge in [0.15, 0.2) is 0 Å². The van der Waals surface area contributed by atoms with Gasteiger partial charge in [0.2, 0.25) is 17.7 Å². The number of benzene rings is 2. The summed E-state index contributed by atoms with van der Waals surface area (Å²) < 4.78 is 6.80. The van der Waals surface area contributed by atoms with E-state index in [9.17, 15) is 19.2 Å². The van der Waals surface area contributed by atoms with E-state index in [1.54, 1.807) is 59.0 Å². The molecular formula is C33H29N3O5S3. The molecule has 3 fully saturated rings. The van der Waals surface area contributed by atoms with Crippen LogP contribution in [0.15, 0.2) is 75.9 Å². The van der Waals surface area contributed by atoms with Crippen LogP contribution in [0.25, 0.3) is 0 Å². The summed E-state index contributed by atoms with van der Waals surface area (Å²) in [5, 5.41) is 5.84. The second kappa shape index (κ2) is 10.5. The third-order valence-electron chi connectivity index (χ3n) is 9.77. The summed E-state index contributed by atoms with van der Waals surface area (Å²) in [7, 11) is 1.59. The molecule has 8 rings (SSSR count). The second-order valence-electron chi connectivity index (χ2n) is 12.0. The molecule has 4 aromatic rings. The van der Waals surface area contributed by atoms with Crippen LogP contribution in [-0.2, 0) is 20.9 Å². The van der Waals surface area contributed by atoms with E-state index in [1.165, 1.54) is 16.2 Å². The first kappa shape index (κ1) is 27.8. The summed E-state index contributed by atoms with van der Waals surface area (Å²) >= 11 is 4.52. The van der Waals surface area contributed by atoms with E-state index in [4.69, 9.17) is 4.74 Å². The first-order chi connectivity index (χ1) is 21.3. The van der Waals surface area contributed by atoms with Gasteiger partial charge in [-0.15, -0.1) is 23.1 Å². The van der Waals surface area contributed by atoms with E-state index < -0.39 is 0 Å².